The number of carbonyl (C=O) groups is 3. The van der Waals surface area contributed by atoms with Gasteiger partial charge in [-0.3, -0.25) is 9.59 Å². The number of cyclic esters (lactones) is 1. The standard InChI is InChI=1S/C21H27NO5/c1-5-9-16(13-18(23)27-21(2,3)4)19(24)22-17(14-26-20(22)25)12-15-10-7-6-8-11-15/h5-8,10-11,16-17H,1,9,12-14H2,2-4H3/t16-,17?/m0/s1. The third-order valence-corrected chi connectivity index (χ3v) is 4.15. The highest BCUT2D eigenvalue weighted by Gasteiger charge is 2.41. The molecule has 1 aromatic rings. The molecular weight excluding hydrogens is 346 g/mol. The van der Waals surface area contributed by atoms with Gasteiger partial charge < -0.3 is 9.47 Å². The van der Waals surface area contributed by atoms with Gasteiger partial charge in [-0.05, 0) is 39.2 Å². The third kappa shape index (κ3) is 5.94. The van der Waals surface area contributed by atoms with Crippen LogP contribution >= 0.6 is 0 Å². The Morgan fingerprint density at radius 3 is 2.59 bits per heavy atom. The van der Waals surface area contributed by atoms with Crippen LogP contribution in [0.1, 0.15) is 39.2 Å². The van der Waals surface area contributed by atoms with Crippen LogP contribution in [0.2, 0.25) is 0 Å². The molecule has 1 heterocycles. The normalized spacial score (nSPS) is 18.0. The molecule has 2 atom stereocenters. The van der Waals surface area contributed by atoms with Crippen LogP contribution in [0.25, 0.3) is 0 Å². The number of allylic oxidation sites excluding steroid dienone is 1. The Kier molecular flexibility index (Phi) is 6.77. The summed E-state index contributed by atoms with van der Waals surface area (Å²) in [5.74, 6) is -1.61. The molecule has 0 N–H and O–H groups in total. The number of carbonyl (C=O) groups excluding carboxylic acids is 3. The lowest BCUT2D eigenvalue weighted by atomic mass is 9.97. The summed E-state index contributed by atoms with van der Waals surface area (Å²) in [6.07, 6.45) is 1.58. The molecule has 6 heteroatoms. The lowest BCUT2D eigenvalue weighted by Gasteiger charge is -2.25. The van der Waals surface area contributed by atoms with E-state index in [4.69, 9.17) is 9.47 Å². The van der Waals surface area contributed by atoms with Crippen molar-refractivity contribution in [2.75, 3.05) is 6.61 Å². The van der Waals surface area contributed by atoms with Crippen molar-refractivity contribution in [3.05, 3.63) is 48.6 Å². The molecule has 1 saturated heterocycles. The highest BCUT2D eigenvalue weighted by Crippen LogP contribution is 2.24. The number of nitrogens with zero attached hydrogens (tertiary/aromatic N) is 1. The Morgan fingerprint density at radius 1 is 1.33 bits per heavy atom. The second-order valence-corrected chi connectivity index (χ2v) is 7.64. The second kappa shape index (κ2) is 8.84. The lowest BCUT2D eigenvalue weighted by molar-refractivity contribution is -0.158. The van der Waals surface area contributed by atoms with E-state index in [0.717, 1.165) is 10.5 Å². The number of ether oxygens (including phenoxy) is 2. The molecule has 6 nitrogen and oxygen atoms in total. The molecule has 2 rings (SSSR count). The number of amides is 2. The Hall–Kier alpha value is -2.63. The molecular formula is C21H27NO5. The summed E-state index contributed by atoms with van der Waals surface area (Å²) in [6, 6.07) is 9.20. The van der Waals surface area contributed by atoms with Crippen molar-refractivity contribution < 1.29 is 23.9 Å². The van der Waals surface area contributed by atoms with Gasteiger partial charge in [-0.2, -0.15) is 0 Å². The fraction of sp³-hybridized carbons (Fsp3) is 0.476. The molecule has 0 saturated carbocycles. The number of imide groups is 1. The van der Waals surface area contributed by atoms with E-state index in [1.54, 1.807) is 26.8 Å². The Balaban J connectivity index is 2.12. The summed E-state index contributed by atoms with van der Waals surface area (Å²) < 4.78 is 10.4. The maximum Gasteiger partial charge on any atom is 0.416 e. The van der Waals surface area contributed by atoms with Crippen LogP contribution in [0.4, 0.5) is 4.79 Å². The zero-order valence-electron chi connectivity index (χ0n) is 16.1. The van der Waals surface area contributed by atoms with Gasteiger partial charge in [0.1, 0.15) is 12.2 Å². The van der Waals surface area contributed by atoms with Crippen LogP contribution in [0.3, 0.4) is 0 Å². The summed E-state index contributed by atoms with van der Waals surface area (Å²) in [7, 11) is 0. The molecule has 0 spiro atoms. The maximum atomic E-state index is 13.0. The molecule has 2 amide bonds. The topological polar surface area (TPSA) is 72.9 Å². The largest absolute Gasteiger partial charge is 0.460 e. The van der Waals surface area contributed by atoms with Crippen LogP contribution in [0.15, 0.2) is 43.0 Å². The van der Waals surface area contributed by atoms with Crippen molar-refractivity contribution in [1.82, 2.24) is 4.90 Å². The summed E-state index contributed by atoms with van der Waals surface area (Å²) in [6.45, 7) is 9.10. The van der Waals surface area contributed by atoms with E-state index >= 15 is 0 Å². The van der Waals surface area contributed by atoms with Gasteiger partial charge in [0.25, 0.3) is 0 Å². The van der Waals surface area contributed by atoms with Gasteiger partial charge in [-0.1, -0.05) is 36.4 Å². The first kappa shape index (κ1) is 20.7. The minimum Gasteiger partial charge on any atom is -0.460 e. The van der Waals surface area contributed by atoms with Gasteiger partial charge in [0.05, 0.1) is 18.4 Å². The SMILES string of the molecule is C=CC[C@@H](CC(=O)OC(C)(C)C)C(=O)N1C(=O)OCC1Cc1ccccc1. The van der Waals surface area contributed by atoms with Crippen LogP contribution < -0.4 is 0 Å². The molecule has 1 aromatic carbocycles. The van der Waals surface area contributed by atoms with E-state index in [9.17, 15) is 14.4 Å². The Labute approximate surface area is 160 Å². The third-order valence-electron chi connectivity index (χ3n) is 4.15. The maximum absolute atomic E-state index is 13.0. The van der Waals surface area contributed by atoms with Gasteiger partial charge in [0.2, 0.25) is 5.91 Å². The fourth-order valence-corrected chi connectivity index (χ4v) is 3.02. The summed E-state index contributed by atoms with van der Waals surface area (Å²) >= 11 is 0. The van der Waals surface area contributed by atoms with E-state index < -0.39 is 35.5 Å². The van der Waals surface area contributed by atoms with Crippen LogP contribution in [0.5, 0.6) is 0 Å². The van der Waals surface area contributed by atoms with E-state index in [2.05, 4.69) is 6.58 Å². The predicted octanol–water partition coefficient (Wildman–Crippen LogP) is 3.50. The van der Waals surface area contributed by atoms with Gasteiger partial charge >= 0.3 is 12.1 Å². The Morgan fingerprint density at radius 2 is 2.00 bits per heavy atom. The van der Waals surface area contributed by atoms with Crippen LogP contribution in [0, 0.1) is 5.92 Å². The second-order valence-electron chi connectivity index (χ2n) is 7.64. The first-order chi connectivity index (χ1) is 12.7. The minimum absolute atomic E-state index is 0.107. The summed E-state index contributed by atoms with van der Waals surface area (Å²) in [5.41, 5.74) is 0.368. The van der Waals surface area contributed by atoms with Crippen molar-refractivity contribution in [3.8, 4) is 0 Å². The Bertz CT molecular complexity index is 692. The van der Waals surface area contributed by atoms with Gasteiger partial charge in [0, 0.05) is 0 Å². The summed E-state index contributed by atoms with van der Waals surface area (Å²) in [4.78, 5) is 38.5. The van der Waals surface area contributed by atoms with Crippen LogP contribution in [-0.2, 0) is 25.5 Å². The molecule has 27 heavy (non-hydrogen) atoms. The van der Waals surface area contributed by atoms with E-state index in [-0.39, 0.29) is 19.4 Å². The van der Waals surface area contributed by atoms with Crippen molar-refractivity contribution in [3.63, 3.8) is 0 Å². The quantitative estimate of drug-likeness (QED) is 0.540. The zero-order valence-corrected chi connectivity index (χ0v) is 16.1. The van der Waals surface area contributed by atoms with Gasteiger partial charge in [0.15, 0.2) is 0 Å². The van der Waals surface area contributed by atoms with Crippen molar-refractivity contribution in [1.29, 1.82) is 0 Å². The monoisotopic (exact) mass is 373 g/mol. The average molecular weight is 373 g/mol. The molecule has 1 fully saturated rings. The minimum atomic E-state index is -0.707. The predicted molar refractivity (Wildman–Crippen MR) is 101 cm³/mol. The summed E-state index contributed by atoms with van der Waals surface area (Å²) in [5, 5.41) is 0. The number of rotatable bonds is 7. The highest BCUT2D eigenvalue weighted by atomic mass is 16.6. The molecule has 0 aromatic heterocycles. The number of benzene rings is 1. The molecule has 0 bridgehead atoms. The number of esters is 1. The first-order valence-electron chi connectivity index (χ1n) is 9.07. The molecule has 0 aliphatic carbocycles. The first-order valence-corrected chi connectivity index (χ1v) is 9.07. The molecule has 1 aliphatic rings. The highest BCUT2D eigenvalue weighted by molar-refractivity contribution is 5.96. The van der Waals surface area contributed by atoms with Gasteiger partial charge in [-0.25, -0.2) is 9.69 Å². The van der Waals surface area contributed by atoms with Crippen molar-refractivity contribution in [2.24, 2.45) is 5.92 Å². The molecule has 1 aliphatic heterocycles. The van der Waals surface area contributed by atoms with E-state index in [1.165, 1.54) is 0 Å². The average Bonchev–Trinajstić information content (AvgIpc) is 2.93. The van der Waals surface area contributed by atoms with Gasteiger partial charge in [-0.15, -0.1) is 6.58 Å². The number of hydrogen-bond acceptors (Lipinski definition) is 5. The smallest absolute Gasteiger partial charge is 0.416 e. The van der Waals surface area contributed by atoms with Crippen molar-refractivity contribution in [2.45, 2.75) is 51.7 Å². The zero-order chi connectivity index (χ0) is 20.0. The van der Waals surface area contributed by atoms with E-state index in [1.807, 2.05) is 30.3 Å². The lowest BCUT2D eigenvalue weighted by Crippen LogP contribution is -2.44. The van der Waals surface area contributed by atoms with Crippen LogP contribution in [-0.4, -0.2) is 41.1 Å². The molecule has 146 valence electrons. The number of hydrogen-bond donors (Lipinski definition) is 0. The molecule has 1 unspecified atom stereocenters. The molecule has 0 radical (unpaired) electrons. The van der Waals surface area contributed by atoms with Crippen molar-refractivity contribution >= 4 is 18.0 Å². The fourth-order valence-electron chi connectivity index (χ4n) is 3.02. The van der Waals surface area contributed by atoms with E-state index in [0.29, 0.717) is 6.42 Å².